The zero-order chi connectivity index (χ0) is 26.7. The molecular weight excluding hydrogens is 487 g/mol. The Morgan fingerprint density at radius 3 is 2.53 bits per heavy atom. The van der Waals surface area contributed by atoms with Crippen LogP contribution in [0.2, 0.25) is 0 Å². The Morgan fingerprint density at radius 2 is 1.89 bits per heavy atom. The summed E-state index contributed by atoms with van der Waals surface area (Å²) in [5.41, 5.74) is 4.27. The molecule has 1 atom stereocenters. The zero-order valence-corrected chi connectivity index (χ0v) is 22.5. The number of fused-ring (bicyclic) bond motifs is 1. The maximum atomic E-state index is 13.1. The van der Waals surface area contributed by atoms with Crippen molar-refractivity contribution < 1.29 is 18.7 Å². The van der Waals surface area contributed by atoms with Gasteiger partial charge in [0.25, 0.3) is 0 Å². The van der Waals surface area contributed by atoms with E-state index in [2.05, 4.69) is 31.9 Å². The van der Waals surface area contributed by atoms with Crippen molar-refractivity contribution in [2.24, 2.45) is 0 Å². The quantitative estimate of drug-likeness (QED) is 0.496. The van der Waals surface area contributed by atoms with Crippen molar-refractivity contribution in [1.29, 1.82) is 0 Å². The van der Waals surface area contributed by atoms with Gasteiger partial charge in [-0.2, -0.15) is 0 Å². The minimum absolute atomic E-state index is 0.0627. The average molecular weight is 525 g/mol. The smallest absolute Gasteiger partial charge is 0.409 e. The van der Waals surface area contributed by atoms with E-state index < -0.39 is 5.60 Å². The summed E-state index contributed by atoms with van der Waals surface area (Å²) in [6.45, 7) is 8.10. The molecule has 2 aliphatic rings. The number of nitrogens with one attached hydrogen (secondary N) is 1. The Hall–Kier alpha value is -3.24. The number of carbonyl (C=O) groups is 1. The van der Waals surface area contributed by atoms with E-state index in [9.17, 15) is 9.18 Å². The lowest BCUT2D eigenvalue weighted by Gasteiger charge is -2.42. The average Bonchev–Trinajstić information content (AvgIpc) is 3.42. The fraction of sp³-hybridized carbons (Fsp3) is 0.536. The summed E-state index contributed by atoms with van der Waals surface area (Å²) < 4.78 is 24.3. The van der Waals surface area contributed by atoms with Gasteiger partial charge in [0, 0.05) is 81.5 Å². The maximum Gasteiger partial charge on any atom is 0.409 e. The first kappa shape index (κ1) is 26.4. The normalized spacial score (nSPS) is 19.1. The van der Waals surface area contributed by atoms with Crippen LogP contribution in [0.15, 0.2) is 36.7 Å². The molecule has 2 fully saturated rings. The lowest BCUT2D eigenvalue weighted by molar-refractivity contribution is -0.0694. The predicted octanol–water partition coefficient (Wildman–Crippen LogP) is 4.20. The second-order valence-electron chi connectivity index (χ2n) is 10.1. The van der Waals surface area contributed by atoms with Crippen molar-refractivity contribution in [3.05, 3.63) is 42.2 Å². The number of ether oxygens (including phenoxy) is 2. The lowest BCUT2D eigenvalue weighted by atomic mass is 9.84. The Labute approximate surface area is 222 Å². The fourth-order valence-electron chi connectivity index (χ4n) is 5.63. The van der Waals surface area contributed by atoms with Gasteiger partial charge in [-0.05, 0) is 44.9 Å². The van der Waals surface area contributed by atoms with E-state index in [1.54, 1.807) is 12.0 Å². The van der Waals surface area contributed by atoms with Crippen LogP contribution in [0.25, 0.3) is 22.4 Å². The van der Waals surface area contributed by atoms with Gasteiger partial charge >= 0.3 is 6.09 Å². The predicted molar refractivity (Wildman–Crippen MR) is 145 cm³/mol. The van der Waals surface area contributed by atoms with Gasteiger partial charge in [-0.25, -0.2) is 14.2 Å². The van der Waals surface area contributed by atoms with Gasteiger partial charge in [0.1, 0.15) is 12.3 Å². The monoisotopic (exact) mass is 524 g/mol. The Balaban J connectivity index is 1.32. The molecule has 9 nitrogen and oxygen atoms in total. The van der Waals surface area contributed by atoms with Gasteiger partial charge in [-0.3, -0.25) is 9.88 Å². The van der Waals surface area contributed by atoms with E-state index in [0.29, 0.717) is 19.7 Å². The zero-order valence-electron chi connectivity index (χ0n) is 22.5. The fourth-order valence-corrected chi connectivity index (χ4v) is 5.63. The lowest BCUT2D eigenvalue weighted by Crippen LogP contribution is -2.49. The van der Waals surface area contributed by atoms with Gasteiger partial charge in [0.2, 0.25) is 0 Å². The molecule has 0 aromatic carbocycles. The van der Waals surface area contributed by atoms with Crippen molar-refractivity contribution in [3.63, 3.8) is 0 Å². The second-order valence-corrected chi connectivity index (χ2v) is 10.1. The molecule has 0 saturated carbocycles. The summed E-state index contributed by atoms with van der Waals surface area (Å²) in [5, 5.41) is 1.03. The van der Waals surface area contributed by atoms with Crippen LogP contribution < -0.4 is 4.90 Å². The molecular formula is C28H37FN6O3. The first-order valence-corrected chi connectivity index (χ1v) is 13.4. The minimum atomic E-state index is -0.404. The Kier molecular flexibility index (Phi) is 7.80. The Bertz CT molecular complexity index is 1230. The number of nitrogens with zero attached hydrogens (tertiary/aromatic N) is 5. The number of piperidine rings is 1. The van der Waals surface area contributed by atoms with E-state index in [0.717, 1.165) is 72.7 Å². The van der Waals surface area contributed by atoms with Crippen molar-refractivity contribution in [2.75, 3.05) is 64.6 Å². The standard InChI is InChI=1S/C28H37FN6O3/c1-4-38-27(36)35-15-13-34(14-16-35)25-7-10-30-26-22(25)17-24(32-26)23-6-5-21(19-31-23)28(37-3)8-11-33(12-9-28)20(2)18-29/h5-7,10,17,19-20H,4,8-9,11-16,18H2,1-3H3,(H,30,32). The third-order valence-corrected chi connectivity index (χ3v) is 8.06. The van der Waals surface area contributed by atoms with Gasteiger partial charge in [0.05, 0.1) is 23.6 Å². The van der Waals surface area contributed by atoms with E-state index in [1.165, 1.54) is 0 Å². The Morgan fingerprint density at radius 1 is 1.13 bits per heavy atom. The molecule has 1 amide bonds. The van der Waals surface area contributed by atoms with E-state index in [4.69, 9.17) is 14.5 Å². The van der Waals surface area contributed by atoms with E-state index in [-0.39, 0.29) is 18.8 Å². The molecule has 0 radical (unpaired) electrons. The van der Waals surface area contributed by atoms with Crippen molar-refractivity contribution in [3.8, 4) is 11.4 Å². The summed E-state index contributed by atoms with van der Waals surface area (Å²) in [7, 11) is 1.75. The van der Waals surface area contributed by atoms with Gasteiger partial charge < -0.3 is 24.3 Å². The first-order chi connectivity index (χ1) is 18.5. The number of rotatable bonds is 7. The topological polar surface area (TPSA) is 86.8 Å². The molecule has 0 aliphatic carbocycles. The molecule has 1 unspecified atom stereocenters. The highest BCUT2D eigenvalue weighted by atomic mass is 19.1. The number of hydrogen-bond donors (Lipinski definition) is 1. The van der Waals surface area contributed by atoms with E-state index >= 15 is 0 Å². The number of anilines is 1. The highest BCUT2D eigenvalue weighted by molar-refractivity contribution is 5.93. The molecule has 3 aromatic heterocycles. The molecule has 2 aliphatic heterocycles. The molecule has 0 bridgehead atoms. The maximum absolute atomic E-state index is 13.1. The summed E-state index contributed by atoms with van der Waals surface area (Å²) >= 11 is 0. The van der Waals surface area contributed by atoms with Gasteiger partial charge in [-0.15, -0.1) is 0 Å². The number of aromatic nitrogens is 3. The van der Waals surface area contributed by atoms with Crippen molar-refractivity contribution in [1.82, 2.24) is 24.8 Å². The number of carbonyl (C=O) groups excluding carboxylic acids is 1. The van der Waals surface area contributed by atoms with Crippen LogP contribution in [0.1, 0.15) is 32.3 Å². The number of hydrogen-bond acceptors (Lipinski definition) is 7. The van der Waals surface area contributed by atoms with Gasteiger partial charge in [0.15, 0.2) is 0 Å². The molecule has 10 heteroatoms. The van der Waals surface area contributed by atoms with Crippen molar-refractivity contribution >= 4 is 22.8 Å². The number of halogens is 1. The van der Waals surface area contributed by atoms with Crippen LogP contribution in [0, 0.1) is 0 Å². The number of methoxy groups -OCH3 is 1. The number of likely N-dealkylation sites (tertiary alicyclic amines) is 1. The number of alkyl halides is 1. The van der Waals surface area contributed by atoms with E-state index in [1.807, 2.05) is 38.4 Å². The number of piperazine rings is 1. The highest BCUT2D eigenvalue weighted by Gasteiger charge is 2.37. The molecule has 5 rings (SSSR count). The molecule has 3 aromatic rings. The van der Waals surface area contributed by atoms with Crippen LogP contribution in [0.4, 0.5) is 14.9 Å². The highest BCUT2D eigenvalue weighted by Crippen LogP contribution is 2.37. The number of H-pyrrole nitrogens is 1. The van der Waals surface area contributed by atoms with Crippen LogP contribution in [0.5, 0.6) is 0 Å². The van der Waals surface area contributed by atoms with Crippen molar-refractivity contribution in [2.45, 2.75) is 38.3 Å². The largest absolute Gasteiger partial charge is 0.450 e. The molecule has 5 heterocycles. The summed E-state index contributed by atoms with van der Waals surface area (Å²) in [6, 6.07) is 8.17. The molecule has 2 saturated heterocycles. The minimum Gasteiger partial charge on any atom is -0.450 e. The number of aromatic amines is 1. The van der Waals surface area contributed by atoms with Crippen LogP contribution in [-0.2, 0) is 15.1 Å². The SMILES string of the molecule is CCOC(=O)N1CCN(c2ccnc3[nH]c(-c4ccc(C5(OC)CCN(C(C)CF)CC5)cn4)cc23)CC1. The molecule has 38 heavy (non-hydrogen) atoms. The molecule has 1 N–H and O–H groups in total. The van der Waals surface area contributed by atoms with Crippen LogP contribution in [0.3, 0.4) is 0 Å². The third-order valence-electron chi connectivity index (χ3n) is 8.06. The van der Waals surface area contributed by atoms with Crippen LogP contribution >= 0.6 is 0 Å². The van der Waals surface area contributed by atoms with Crippen LogP contribution in [-0.4, -0.2) is 96.5 Å². The third kappa shape index (κ3) is 5.07. The molecule has 204 valence electrons. The number of pyridine rings is 2. The second kappa shape index (κ2) is 11.2. The summed E-state index contributed by atoms with van der Waals surface area (Å²) in [5.74, 6) is 0. The number of amides is 1. The van der Waals surface area contributed by atoms with Gasteiger partial charge in [-0.1, -0.05) is 6.07 Å². The summed E-state index contributed by atoms with van der Waals surface area (Å²) in [6.07, 6.45) is 5.07. The first-order valence-electron chi connectivity index (χ1n) is 13.4. The summed E-state index contributed by atoms with van der Waals surface area (Å²) in [4.78, 5) is 31.1. The molecule has 0 spiro atoms.